The Bertz CT molecular complexity index is 480. The fraction of sp³-hybridized carbons (Fsp3) is 0.286. The summed E-state index contributed by atoms with van der Waals surface area (Å²) in [4.78, 5) is 8.68. The lowest BCUT2D eigenvalue weighted by atomic mass is 10.2. The maximum Gasteiger partial charge on any atom is 0.0886 e. The van der Waals surface area contributed by atoms with Crippen LogP contribution in [0.4, 0.5) is 0 Å². The average Bonchev–Trinajstić information content (AvgIpc) is 2.41. The van der Waals surface area contributed by atoms with Gasteiger partial charge in [-0.1, -0.05) is 12.1 Å². The number of aliphatic hydroxyl groups excluding tert-OH is 1. The number of aryl methyl sites for hydroxylation is 1. The van der Waals surface area contributed by atoms with Gasteiger partial charge in [-0.3, -0.25) is 9.97 Å². The quantitative estimate of drug-likeness (QED) is 0.817. The summed E-state index contributed by atoms with van der Waals surface area (Å²) in [5, 5.41) is 8.61. The number of hydrogen-bond donors (Lipinski definition) is 1. The van der Waals surface area contributed by atoms with Gasteiger partial charge in [0.05, 0.1) is 31.2 Å². The summed E-state index contributed by atoms with van der Waals surface area (Å²) < 4.78 is 5.22. The van der Waals surface area contributed by atoms with E-state index in [1.54, 1.807) is 6.20 Å². The molecule has 2 heterocycles. The van der Waals surface area contributed by atoms with Gasteiger partial charge >= 0.3 is 0 Å². The molecule has 0 aliphatic carbocycles. The molecule has 0 atom stereocenters. The SMILES string of the molecule is Cc1ccc(-c2ccc(COCCO)cn2)nc1. The topological polar surface area (TPSA) is 55.2 Å². The van der Waals surface area contributed by atoms with E-state index in [2.05, 4.69) is 9.97 Å². The van der Waals surface area contributed by atoms with Crippen LogP contribution in [0.1, 0.15) is 11.1 Å². The summed E-state index contributed by atoms with van der Waals surface area (Å²) in [6, 6.07) is 7.86. The largest absolute Gasteiger partial charge is 0.394 e. The van der Waals surface area contributed by atoms with Gasteiger partial charge in [0, 0.05) is 12.4 Å². The van der Waals surface area contributed by atoms with E-state index in [1.165, 1.54) is 0 Å². The zero-order valence-electron chi connectivity index (χ0n) is 10.3. The maximum atomic E-state index is 8.61. The fourth-order valence-electron chi connectivity index (χ4n) is 1.54. The van der Waals surface area contributed by atoms with E-state index in [4.69, 9.17) is 9.84 Å². The Kier molecular flexibility index (Phi) is 4.39. The Hall–Kier alpha value is -1.78. The number of ether oxygens (including phenoxy) is 1. The van der Waals surface area contributed by atoms with E-state index in [0.29, 0.717) is 13.2 Å². The number of hydrogen-bond acceptors (Lipinski definition) is 4. The summed E-state index contributed by atoms with van der Waals surface area (Å²) in [6.07, 6.45) is 3.60. The molecule has 0 aliphatic heterocycles. The molecule has 0 spiro atoms. The predicted octanol–water partition coefficient (Wildman–Crippen LogP) is 1.96. The normalized spacial score (nSPS) is 10.6. The molecule has 0 radical (unpaired) electrons. The molecule has 0 bridgehead atoms. The van der Waals surface area contributed by atoms with E-state index in [-0.39, 0.29) is 6.61 Å². The first-order valence-corrected chi connectivity index (χ1v) is 5.86. The lowest BCUT2D eigenvalue weighted by Gasteiger charge is -2.04. The molecule has 0 aromatic carbocycles. The second-order valence-corrected chi connectivity index (χ2v) is 4.05. The van der Waals surface area contributed by atoms with Gasteiger partial charge in [0.1, 0.15) is 0 Å². The van der Waals surface area contributed by atoms with E-state index in [9.17, 15) is 0 Å². The van der Waals surface area contributed by atoms with Gasteiger partial charge in [0.25, 0.3) is 0 Å². The van der Waals surface area contributed by atoms with Gasteiger partial charge in [0.2, 0.25) is 0 Å². The predicted molar refractivity (Wildman–Crippen MR) is 68.9 cm³/mol. The molecule has 0 saturated heterocycles. The third-order valence-corrected chi connectivity index (χ3v) is 2.50. The highest BCUT2D eigenvalue weighted by Crippen LogP contribution is 2.14. The summed E-state index contributed by atoms with van der Waals surface area (Å²) in [7, 11) is 0. The van der Waals surface area contributed by atoms with Crippen LogP contribution in [0.25, 0.3) is 11.4 Å². The number of rotatable bonds is 5. The Morgan fingerprint density at radius 1 is 1.06 bits per heavy atom. The highest BCUT2D eigenvalue weighted by molar-refractivity contribution is 5.53. The monoisotopic (exact) mass is 244 g/mol. The average molecular weight is 244 g/mol. The van der Waals surface area contributed by atoms with Gasteiger partial charge in [0.15, 0.2) is 0 Å². The van der Waals surface area contributed by atoms with Crippen LogP contribution in [-0.2, 0) is 11.3 Å². The van der Waals surface area contributed by atoms with Gasteiger partial charge in [-0.2, -0.15) is 0 Å². The molecular weight excluding hydrogens is 228 g/mol. The zero-order valence-corrected chi connectivity index (χ0v) is 10.3. The molecule has 4 nitrogen and oxygen atoms in total. The van der Waals surface area contributed by atoms with Crippen molar-refractivity contribution in [2.75, 3.05) is 13.2 Å². The molecule has 0 saturated carbocycles. The third-order valence-electron chi connectivity index (χ3n) is 2.50. The smallest absolute Gasteiger partial charge is 0.0886 e. The van der Waals surface area contributed by atoms with Crippen molar-refractivity contribution in [1.82, 2.24) is 9.97 Å². The molecule has 0 amide bonds. The standard InChI is InChI=1S/C14H16N2O2/c1-11-2-4-13(15-8-11)14-5-3-12(9-16-14)10-18-7-6-17/h2-5,8-9,17H,6-7,10H2,1H3. The highest BCUT2D eigenvalue weighted by atomic mass is 16.5. The lowest BCUT2D eigenvalue weighted by Crippen LogP contribution is -1.99. The summed E-state index contributed by atoms with van der Waals surface area (Å²) in [5.74, 6) is 0. The number of pyridine rings is 2. The molecule has 0 unspecified atom stereocenters. The second-order valence-electron chi connectivity index (χ2n) is 4.05. The van der Waals surface area contributed by atoms with Crippen molar-refractivity contribution in [3.05, 3.63) is 47.8 Å². The summed E-state index contributed by atoms with van der Waals surface area (Å²) >= 11 is 0. The number of aliphatic hydroxyl groups is 1. The summed E-state index contributed by atoms with van der Waals surface area (Å²) in [5.41, 5.74) is 3.83. The van der Waals surface area contributed by atoms with Gasteiger partial charge < -0.3 is 9.84 Å². The molecule has 0 fully saturated rings. The second kappa shape index (κ2) is 6.23. The zero-order chi connectivity index (χ0) is 12.8. The third kappa shape index (κ3) is 3.35. The van der Waals surface area contributed by atoms with Crippen LogP contribution in [0.5, 0.6) is 0 Å². The summed E-state index contributed by atoms with van der Waals surface area (Å²) in [6.45, 7) is 2.86. The fourth-order valence-corrected chi connectivity index (χ4v) is 1.54. The molecule has 18 heavy (non-hydrogen) atoms. The van der Waals surface area contributed by atoms with Crippen molar-refractivity contribution in [3.8, 4) is 11.4 Å². The van der Waals surface area contributed by atoms with Crippen molar-refractivity contribution >= 4 is 0 Å². The van der Waals surface area contributed by atoms with Crippen LogP contribution < -0.4 is 0 Å². The van der Waals surface area contributed by atoms with E-state index in [1.807, 2.05) is 37.4 Å². The van der Waals surface area contributed by atoms with E-state index >= 15 is 0 Å². The molecule has 2 aromatic rings. The van der Waals surface area contributed by atoms with Crippen molar-refractivity contribution in [1.29, 1.82) is 0 Å². The Balaban J connectivity index is 2.05. The van der Waals surface area contributed by atoms with Crippen LogP contribution in [-0.4, -0.2) is 28.3 Å². The van der Waals surface area contributed by atoms with Gasteiger partial charge in [-0.25, -0.2) is 0 Å². The first kappa shape index (κ1) is 12.7. The van der Waals surface area contributed by atoms with Crippen molar-refractivity contribution in [3.63, 3.8) is 0 Å². The Morgan fingerprint density at radius 2 is 1.78 bits per heavy atom. The minimum absolute atomic E-state index is 0.0405. The van der Waals surface area contributed by atoms with Gasteiger partial charge in [-0.05, 0) is 30.2 Å². The maximum absolute atomic E-state index is 8.61. The lowest BCUT2D eigenvalue weighted by molar-refractivity contribution is 0.0814. The number of aromatic nitrogens is 2. The van der Waals surface area contributed by atoms with E-state index in [0.717, 1.165) is 22.5 Å². The first-order chi connectivity index (χ1) is 8.79. The molecule has 1 N–H and O–H groups in total. The van der Waals surface area contributed by atoms with Gasteiger partial charge in [-0.15, -0.1) is 0 Å². The van der Waals surface area contributed by atoms with Crippen molar-refractivity contribution in [2.24, 2.45) is 0 Å². The minimum Gasteiger partial charge on any atom is -0.394 e. The minimum atomic E-state index is 0.0405. The Morgan fingerprint density at radius 3 is 2.33 bits per heavy atom. The highest BCUT2D eigenvalue weighted by Gasteiger charge is 2.01. The number of nitrogens with zero attached hydrogens (tertiary/aromatic N) is 2. The van der Waals surface area contributed by atoms with Crippen LogP contribution in [0.3, 0.4) is 0 Å². The van der Waals surface area contributed by atoms with Crippen molar-refractivity contribution < 1.29 is 9.84 Å². The molecule has 0 aliphatic rings. The Labute approximate surface area is 106 Å². The molecular formula is C14H16N2O2. The molecule has 2 aromatic heterocycles. The van der Waals surface area contributed by atoms with Crippen LogP contribution in [0.15, 0.2) is 36.7 Å². The molecule has 2 rings (SSSR count). The molecule has 94 valence electrons. The van der Waals surface area contributed by atoms with Crippen LogP contribution >= 0.6 is 0 Å². The van der Waals surface area contributed by atoms with E-state index < -0.39 is 0 Å². The van der Waals surface area contributed by atoms with Crippen molar-refractivity contribution in [2.45, 2.75) is 13.5 Å². The van der Waals surface area contributed by atoms with Crippen LogP contribution in [0.2, 0.25) is 0 Å². The molecule has 4 heteroatoms. The van der Waals surface area contributed by atoms with Crippen LogP contribution in [0, 0.1) is 6.92 Å². The first-order valence-electron chi connectivity index (χ1n) is 5.86.